The maximum absolute atomic E-state index is 11.8. The van der Waals surface area contributed by atoms with Crippen LogP contribution >= 0.6 is 11.6 Å². The number of benzene rings is 1. The van der Waals surface area contributed by atoms with Gasteiger partial charge in [-0.15, -0.1) is 0 Å². The largest absolute Gasteiger partial charge is 0.365 e. The van der Waals surface area contributed by atoms with Gasteiger partial charge in [-0.2, -0.15) is 0 Å². The number of Topliss-reactive ketones (excluding diaryl/α,β-unsaturated/α-hetero) is 1. The number of carbonyl (C=O) groups excluding carboxylic acids is 2. The van der Waals surface area contributed by atoms with Crippen LogP contribution < -0.4 is 0 Å². The van der Waals surface area contributed by atoms with Crippen LogP contribution in [0, 0.1) is 0 Å². The van der Waals surface area contributed by atoms with Crippen molar-refractivity contribution in [2.75, 3.05) is 0 Å². The van der Waals surface area contributed by atoms with E-state index in [1.165, 1.54) is 6.08 Å². The molecule has 1 aromatic rings. The van der Waals surface area contributed by atoms with Crippen LogP contribution in [0.4, 0.5) is 0 Å². The Kier molecular flexibility index (Phi) is 4.15. The molecule has 0 fully saturated rings. The predicted molar refractivity (Wildman–Crippen MR) is 76.6 cm³/mol. The molecule has 0 saturated heterocycles. The lowest BCUT2D eigenvalue weighted by molar-refractivity contribution is -0.111. The lowest BCUT2D eigenvalue weighted by atomic mass is 9.97. The van der Waals surface area contributed by atoms with E-state index in [1.54, 1.807) is 44.2 Å². The number of rotatable bonds is 2. The van der Waals surface area contributed by atoms with Crippen molar-refractivity contribution in [3.8, 4) is 0 Å². The third-order valence-corrected chi connectivity index (χ3v) is 3.28. The Morgan fingerprint density at radius 2 is 1.80 bits per heavy atom. The van der Waals surface area contributed by atoms with E-state index in [1.807, 2.05) is 0 Å². The van der Waals surface area contributed by atoms with Crippen molar-refractivity contribution < 1.29 is 14.4 Å². The van der Waals surface area contributed by atoms with Crippen LogP contribution in [0.1, 0.15) is 24.2 Å². The summed E-state index contributed by atoms with van der Waals surface area (Å²) >= 11 is 5.81. The number of ketones is 1. The van der Waals surface area contributed by atoms with Crippen molar-refractivity contribution in [3.63, 3.8) is 0 Å². The van der Waals surface area contributed by atoms with Gasteiger partial charge < -0.3 is 4.84 Å². The first kappa shape index (κ1) is 14.2. The van der Waals surface area contributed by atoms with Crippen LogP contribution in [0.5, 0.6) is 0 Å². The third-order valence-electron chi connectivity index (χ3n) is 3.00. The molecule has 0 radical (unpaired) electrons. The maximum Gasteiger partial charge on any atom is 0.365 e. The summed E-state index contributed by atoms with van der Waals surface area (Å²) in [5, 5.41) is 3.83. The van der Waals surface area contributed by atoms with Gasteiger partial charge in [-0.1, -0.05) is 35.0 Å². The molecule has 102 valence electrons. The Hall–Kier alpha value is -2.20. The summed E-state index contributed by atoms with van der Waals surface area (Å²) in [6, 6.07) is 8.52. The van der Waals surface area contributed by atoms with E-state index in [0.29, 0.717) is 22.4 Å². The quantitative estimate of drug-likeness (QED) is 0.477. The summed E-state index contributed by atoms with van der Waals surface area (Å²) < 4.78 is 0. The molecule has 0 aliphatic heterocycles. The summed E-state index contributed by atoms with van der Waals surface area (Å²) in [6.45, 7) is 3.38. The molecular weight excluding hydrogens is 278 g/mol. The maximum atomic E-state index is 11.8. The summed E-state index contributed by atoms with van der Waals surface area (Å²) in [5.41, 5.74) is 1.90. The topological polar surface area (TPSA) is 55.7 Å². The summed E-state index contributed by atoms with van der Waals surface area (Å²) in [4.78, 5) is 28.2. The molecule has 0 heterocycles. The molecule has 0 aromatic heterocycles. The minimum absolute atomic E-state index is 0.0580. The SMILES string of the molecule is CC1=C(C)C(=NOC(=O)c2ccccc2)C=C(Cl)C1=O. The molecule has 0 spiro atoms. The average Bonchev–Trinajstić information content (AvgIpc) is 2.48. The number of allylic oxidation sites excluding steroid dienone is 4. The molecule has 20 heavy (non-hydrogen) atoms. The second-order valence-corrected chi connectivity index (χ2v) is 4.70. The van der Waals surface area contributed by atoms with Gasteiger partial charge in [-0.3, -0.25) is 4.79 Å². The van der Waals surface area contributed by atoms with Gasteiger partial charge in [0.05, 0.1) is 10.6 Å². The van der Waals surface area contributed by atoms with Crippen LogP contribution in [-0.4, -0.2) is 17.5 Å². The number of nitrogens with zero attached hydrogens (tertiary/aromatic N) is 1. The Labute approximate surface area is 121 Å². The highest BCUT2D eigenvalue weighted by atomic mass is 35.5. The second kappa shape index (κ2) is 5.84. The second-order valence-electron chi connectivity index (χ2n) is 4.29. The molecule has 2 rings (SSSR count). The highest BCUT2D eigenvalue weighted by molar-refractivity contribution is 6.48. The van der Waals surface area contributed by atoms with E-state index in [-0.39, 0.29) is 10.8 Å². The van der Waals surface area contributed by atoms with Crippen LogP contribution in [0.3, 0.4) is 0 Å². The van der Waals surface area contributed by atoms with Crippen LogP contribution in [0.15, 0.2) is 57.7 Å². The molecule has 1 aliphatic carbocycles. The van der Waals surface area contributed by atoms with Crippen LogP contribution in [-0.2, 0) is 9.63 Å². The van der Waals surface area contributed by atoms with Crippen molar-refractivity contribution in [3.05, 3.63) is 58.1 Å². The fourth-order valence-corrected chi connectivity index (χ4v) is 1.89. The van der Waals surface area contributed by atoms with Crippen LogP contribution in [0.25, 0.3) is 0 Å². The minimum Gasteiger partial charge on any atom is -0.312 e. The van der Waals surface area contributed by atoms with Crippen molar-refractivity contribution in [1.29, 1.82) is 0 Å². The fourth-order valence-electron chi connectivity index (χ4n) is 1.65. The Morgan fingerprint density at radius 1 is 1.15 bits per heavy atom. The lowest BCUT2D eigenvalue weighted by Gasteiger charge is -2.12. The zero-order chi connectivity index (χ0) is 14.7. The molecule has 0 N–H and O–H groups in total. The third kappa shape index (κ3) is 2.86. The molecular formula is C15H12ClNO3. The first-order valence-corrected chi connectivity index (χ1v) is 6.32. The van der Waals surface area contributed by atoms with Gasteiger partial charge >= 0.3 is 5.97 Å². The Bertz CT molecular complexity index is 657. The van der Waals surface area contributed by atoms with E-state index in [2.05, 4.69) is 5.16 Å². The normalized spacial score (nSPS) is 17.2. The molecule has 4 nitrogen and oxygen atoms in total. The molecule has 0 saturated carbocycles. The van der Waals surface area contributed by atoms with E-state index in [0.717, 1.165) is 0 Å². The van der Waals surface area contributed by atoms with Crippen molar-refractivity contribution >= 4 is 29.1 Å². The standard InChI is InChI=1S/C15H12ClNO3/c1-9-10(2)14(18)12(16)8-13(9)17-20-15(19)11-6-4-3-5-7-11/h3-8H,1-2H3. The predicted octanol–water partition coefficient (Wildman–Crippen LogP) is 3.24. The molecule has 0 amide bonds. The summed E-state index contributed by atoms with van der Waals surface area (Å²) in [5.74, 6) is -0.803. The molecule has 0 bridgehead atoms. The summed E-state index contributed by atoms with van der Waals surface area (Å²) in [7, 11) is 0. The molecule has 5 heteroatoms. The van der Waals surface area contributed by atoms with Gasteiger partial charge in [0.15, 0.2) is 5.78 Å². The van der Waals surface area contributed by atoms with Gasteiger partial charge in [0, 0.05) is 5.57 Å². The monoisotopic (exact) mass is 289 g/mol. The summed E-state index contributed by atoms with van der Waals surface area (Å²) in [6.07, 6.45) is 1.39. The van der Waals surface area contributed by atoms with E-state index >= 15 is 0 Å². The highest BCUT2D eigenvalue weighted by Gasteiger charge is 2.21. The van der Waals surface area contributed by atoms with Gasteiger partial charge in [0.1, 0.15) is 5.71 Å². The fraction of sp³-hybridized carbons (Fsp3) is 0.133. The first-order valence-electron chi connectivity index (χ1n) is 5.95. The number of hydrogen-bond donors (Lipinski definition) is 0. The van der Waals surface area contributed by atoms with Gasteiger partial charge in [0.2, 0.25) is 0 Å². The van der Waals surface area contributed by atoms with Crippen molar-refractivity contribution in [1.82, 2.24) is 0 Å². The van der Waals surface area contributed by atoms with E-state index in [4.69, 9.17) is 16.4 Å². The average molecular weight is 290 g/mol. The van der Waals surface area contributed by atoms with Gasteiger partial charge in [0.25, 0.3) is 0 Å². The van der Waals surface area contributed by atoms with Crippen molar-refractivity contribution in [2.45, 2.75) is 13.8 Å². The highest BCUT2D eigenvalue weighted by Crippen LogP contribution is 2.22. The Morgan fingerprint density at radius 3 is 2.45 bits per heavy atom. The zero-order valence-corrected chi connectivity index (χ0v) is 11.8. The molecule has 0 unspecified atom stereocenters. The minimum atomic E-state index is -0.565. The molecule has 0 atom stereocenters. The number of hydrogen-bond acceptors (Lipinski definition) is 4. The first-order chi connectivity index (χ1) is 9.50. The van der Waals surface area contributed by atoms with Gasteiger partial charge in [-0.05, 0) is 37.6 Å². The molecule has 1 aliphatic rings. The number of oxime groups is 1. The zero-order valence-electron chi connectivity index (χ0n) is 11.0. The number of halogens is 1. The molecule has 1 aromatic carbocycles. The van der Waals surface area contributed by atoms with Crippen LogP contribution in [0.2, 0.25) is 0 Å². The number of carbonyl (C=O) groups is 2. The smallest absolute Gasteiger partial charge is 0.312 e. The van der Waals surface area contributed by atoms with E-state index < -0.39 is 5.97 Å². The van der Waals surface area contributed by atoms with Gasteiger partial charge in [-0.25, -0.2) is 4.79 Å². The van der Waals surface area contributed by atoms with E-state index in [9.17, 15) is 9.59 Å². The lowest BCUT2D eigenvalue weighted by Crippen LogP contribution is -2.15. The van der Waals surface area contributed by atoms with Crippen molar-refractivity contribution in [2.24, 2.45) is 5.16 Å². The Balaban J connectivity index is 2.20.